The van der Waals surface area contributed by atoms with Crippen molar-refractivity contribution in [3.05, 3.63) is 82.2 Å². The third-order valence-electron chi connectivity index (χ3n) is 5.02. The van der Waals surface area contributed by atoms with Gasteiger partial charge in [-0.2, -0.15) is 18.3 Å². The van der Waals surface area contributed by atoms with Crippen molar-refractivity contribution < 1.29 is 22.7 Å². The number of primary amides is 1. The Morgan fingerprint density at radius 2 is 1.81 bits per heavy atom. The largest absolute Gasteiger partial charge is 0.416 e. The van der Waals surface area contributed by atoms with Gasteiger partial charge in [0.25, 0.3) is 0 Å². The molecule has 0 unspecified atom stereocenters. The normalized spacial score (nSPS) is 15.7. The number of hydrogen-bond acceptors (Lipinski definition) is 3. The van der Waals surface area contributed by atoms with E-state index in [1.807, 2.05) is 6.92 Å². The lowest BCUT2D eigenvalue weighted by Gasteiger charge is -2.21. The number of halogens is 3. The molecule has 1 amide bonds. The molecular formula is C23H18F3N3O2. The second-order valence-corrected chi connectivity index (χ2v) is 7.25. The first-order valence-electron chi connectivity index (χ1n) is 9.54. The van der Waals surface area contributed by atoms with Crippen LogP contribution in [0.5, 0.6) is 0 Å². The monoisotopic (exact) mass is 425 g/mol. The predicted octanol–water partition coefficient (Wildman–Crippen LogP) is 3.85. The van der Waals surface area contributed by atoms with Gasteiger partial charge in [-0.1, -0.05) is 5.92 Å². The van der Waals surface area contributed by atoms with Gasteiger partial charge in [0.05, 0.1) is 29.7 Å². The van der Waals surface area contributed by atoms with Gasteiger partial charge in [-0.15, -0.1) is 0 Å². The summed E-state index contributed by atoms with van der Waals surface area (Å²) in [7, 11) is 0. The fourth-order valence-corrected chi connectivity index (χ4v) is 3.36. The number of ether oxygens (including phenoxy) is 1. The van der Waals surface area contributed by atoms with Crippen LogP contribution in [-0.2, 0) is 23.9 Å². The van der Waals surface area contributed by atoms with E-state index in [1.165, 1.54) is 12.1 Å². The SMILES string of the molecule is C[C@H]1Cc2c(c(C#Cc3ccc(C(N)=O)cc3)nn2-c2ccc(C(F)(F)F)cc2)CO1. The van der Waals surface area contributed by atoms with Crippen LogP contribution in [0.1, 0.15) is 45.4 Å². The molecule has 2 N–H and O–H groups in total. The average molecular weight is 425 g/mol. The molecule has 2 aromatic carbocycles. The maximum absolute atomic E-state index is 12.9. The summed E-state index contributed by atoms with van der Waals surface area (Å²) in [4.78, 5) is 11.2. The topological polar surface area (TPSA) is 70.1 Å². The summed E-state index contributed by atoms with van der Waals surface area (Å²) in [6, 6.07) is 11.4. The zero-order valence-electron chi connectivity index (χ0n) is 16.5. The Hall–Kier alpha value is -3.57. The van der Waals surface area contributed by atoms with Crippen LogP contribution >= 0.6 is 0 Å². The molecule has 5 nitrogen and oxygen atoms in total. The van der Waals surface area contributed by atoms with Crippen molar-refractivity contribution in [2.24, 2.45) is 5.73 Å². The van der Waals surface area contributed by atoms with E-state index in [1.54, 1.807) is 28.9 Å². The van der Waals surface area contributed by atoms with Crippen molar-refractivity contribution in [3.63, 3.8) is 0 Å². The van der Waals surface area contributed by atoms with Crippen LogP contribution in [0.4, 0.5) is 13.2 Å². The molecule has 2 heterocycles. The third-order valence-corrected chi connectivity index (χ3v) is 5.02. The molecule has 0 saturated heterocycles. The molecule has 31 heavy (non-hydrogen) atoms. The molecule has 0 bridgehead atoms. The Bertz CT molecular complexity index is 1180. The summed E-state index contributed by atoms with van der Waals surface area (Å²) < 4.78 is 46.1. The standard InChI is InChI=1S/C23H18F3N3O2/c1-14-12-21-19(13-31-14)20(11-4-15-2-5-16(6-3-15)22(27)30)28-29(21)18-9-7-17(8-10-18)23(24,25)26/h2-3,5-10,14H,12-13H2,1H3,(H2,27,30)/t14-/m0/s1. The lowest BCUT2D eigenvalue weighted by Crippen LogP contribution is -2.21. The van der Waals surface area contributed by atoms with Crippen LogP contribution < -0.4 is 5.73 Å². The number of nitrogens with two attached hydrogens (primary N) is 1. The summed E-state index contributed by atoms with van der Waals surface area (Å²) in [6.45, 7) is 2.25. The minimum atomic E-state index is -4.40. The number of alkyl halides is 3. The number of benzene rings is 2. The number of aromatic nitrogens is 2. The highest BCUT2D eigenvalue weighted by molar-refractivity contribution is 5.92. The minimum Gasteiger partial charge on any atom is -0.373 e. The second kappa shape index (κ2) is 7.93. The van der Waals surface area contributed by atoms with Gasteiger partial charge in [-0.05, 0) is 61.4 Å². The van der Waals surface area contributed by atoms with E-state index < -0.39 is 17.6 Å². The first-order valence-corrected chi connectivity index (χ1v) is 9.54. The minimum absolute atomic E-state index is 0.0421. The zero-order chi connectivity index (χ0) is 22.2. The molecule has 1 aromatic heterocycles. The molecule has 158 valence electrons. The van der Waals surface area contributed by atoms with Gasteiger partial charge in [0, 0.05) is 23.1 Å². The lowest BCUT2D eigenvalue weighted by atomic mass is 10.0. The fourth-order valence-electron chi connectivity index (χ4n) is 3.36. The highest BCUT2D eigenvalue weighted by Gasteiger charge is 2.30. The molecule has 4 rings (SSSR count). The summed E-state index contributed by atoms with van der Waals surface area (Å²) in [5.41, 5.74) is 8.30. The lowest BCUT2D eigenvalue weighted by molar-refractivity contribution is -0.137. The molecule has 0 aliphatic carbocycles. The van der Waals surface area contributed by atoms with Crippen LogP contribution in [0, 0.1) is 11.8 Å². The van der Waals surface area contributed by atoms with Crippen molar-refractivity contribution >= 4 is 5.91 Å². The molecule has 0 radical (unpaired) electrons. The molecule has 1 aliphatic rings. The van der Waals surface area contributed by atoms with E-state index in [2.05, 4.69) is 16.9 Å². The third kappa shape index (κ3) is 4.32. The molecule has 8 heteroatoms. The molecule has 3 aromatic rings. The predicted molar refractivity (Wildman–Crippen MR) is 107 cm³/mol. The average Bonchev–Trinajstić information content (AvgIpc) is 3.09. The fraction of sp³-hybridized carbons (Fsp3) is 0.217. The van der Waals surface area contributed by atoms with Crippen molar-refractivity contribution in [1.82, 2.24) is 9.78 Å². The van der Waals surface area contributed by atoms with Gasteiger partial charge >= 0.3 is 6.18 Å². The summed E-state index contributed by atoms with van der Waals surface area (Å²) in [5, 5.41) is 4.56. The highest BCUT2D eigenvalue weighted by Crippen LogP contribution is 2.31. The molecule has 1 atom stereocenters. The summed E-state index contributed by atoms with van der Waals surface area (Å²) >= 11 is 0. The van der Waals surface area contributed by atoms with Gasteiger partial charge in [0.2, 0.25) is 5.91 Å². The maximum Gasteiger partial charge on any atom is 0.416 e. The number of carbonyl (C=O) groups is 1. The van der Waals surface area contributed by atoms with E-state index in [0.29, 0.717) is 35.5 Å². The van der Waals surface area contributed by atoms with Crippen LogP contribution in [-0.4, -0.2) is 21.8 Å². The number of hydrogen-bond donors (Lipinski definition) is 1. The number of amides is 1. The number of carbonyl (C=O) groups excluding carboxylic acids is 1. The van der Waals surface area contributed by atoms with E-state index in [4.69, 9.17) is 10.5 Å². The Kier molecular flexibility index (Phi) is 5.29. The van der Waals surface area contributed by atoms with Crippen molar-refractivity contribution in [2.45, 2.75) is 32.2 Å². The van der Waals surface area contributed by atoms with Crippen LogP contribution in [0.3, 0.4) is 0 Å². The highest BCUT2D eigenvalue weighted by atomic mass is 19.4. The number of nitrogens with zero attached hydrogens (tertiary/aromatic N) is 2. The van der Waals surface area contributed by atoms with Gasteiger partial charge in [-0.25, -0.2) is 4.68 Å². The Balaban J connectivity index is 1.71. The van der Waals surface area contributed by atoms with Crippen molar-refractivity contribution in [3.8, 4) is 17.5 Å². The van der Waals surface area contributed by atoms with E-state index in [-0.39, 0.29) is 6.10 Å². The number of fused-ring (bicyclic) bond motifs is 1. The van der Waals surface area contributed by atoms with Crippen LogP contribution in [0.2, 0.25) is 0 Å². The van der Waals surface area contributed by atoms with Crippen LogP contribution in [0.25, 0.3) is 5.69 Å². The summed E-state index contributed by atoms with van der Waals surface area (Å²) in [5.74, 6) is 5.50. The van der Waals surface area contributed by atoms with Gasteiger partial charge in [0.1, 0.15) is 5.69 Å². The maximum atomic E-state index is 12.9. The summed E-state index contributed by atoms with van der Waals surface area (Å²) in [6.07, 6.45) is -3.87. The van der Waals surface area contributed by atoms with Crippen molar-refractivity contribution in [2.75, 3.05) is 0 Å². The first kappa shape index (κ1) is 20.7. The van der Waals surface area contributed by atoms with Gasteiger partial charge < -0.3 is 10.5 Å². The Labute approximate surface area is 176 Å². The smallest absolute Gasteiger partial charge is 0.373 e. The van der Waals surface area contributed by atoms with Gasteiger partial charge in [0.15, 0.2) is 0 Å². The van der Waals surface area contributed by atoms with E-state index >= 15 is 0 Å². The Morgan fingerprint density at radius 3 is 2.42 bits per heavy atom. The second-order valence-electron chi connectivity index (χ2n) is 7.25. The zero-order valence-corrected chi connectivity index (χ0v) is 16.5. The quantitative estimate of drug-likeness (QED) is 0.634. The van der Waals surface area contributed by atoms with E-state index in [9.17, 15) is 18.0 Å². The molecule has 0 spiro atoms. The van der Waals surface area contributed by atoms with Crippen molar-refractivity contribution in [1.29, 1.82) is 0 Å². The molecule has 0 saturated carbocycles. The number of rotatable bonds is 2. The van der Waals surface area contributed by atoms with Gasteiger partial charge in [-0.3, -0.25) is 4.79 Å². The molecule has 1 aliphatic heterocycles. The molecule has 0 fully saturated rings. The van der Waals surface area contributed by atoms with Crippen LogP contribution in [0.15, 0.2) is 48.5 Å². The molecular weight excluding hydrogens is 407 g/mol. The Morgan fingerprint density at radius 1 is 1.13 bits per heavy atom. The first-order chi connectivity index (χ1) is 14.7. The van der Waals surface area contributed by atoms with E-state index in [0.717, 1.165) is 23.4 Å².